The standard InChI is InChI=1S/C29H33BrClN3O4S/c1-20(2)32-29(36)27(17-22-9-6-5-7-10-22)33(18-23-11-8-12-24(31)16-23)28(35)19-34(39(4,37)38)25-13-14-26(30)21(3)15-25/h5-16,20,27H,17-19H2,1-4H3,(H,32,36). The lowest BCUT2D eigenvalue weighted by Crippen LogP contribution is -2.54. The van der Waals surface area contributed by atoms with E-state index in [-0.39, 0.29) is 24.9 Å². The van der Waals surface area contributed by atoms with Crippen LogP contribution in [0.2, 0.25) is 5.02 Å². The Morgan fingerprint density at radius 2 is 1.64 bits per heavy atom. The van der Waals surface area contributed by atoms with Gasteiger partial charge < -0.3 is 10.2 Å². The van der Waals surface area contributed by atoms with Crippen LogP contribution in [-0.4, -0.2) is 50.0 Å². The van der Waals surface area contributed by atoms with Crippen molar-refractivity contribution in [1.29, 1.82) is 0 Å². The largest absolute Gasteiger partial charge is 0.352 e. The first-order valence-electron chi connectivity index (χ1n) is 12.5. The van der Waals surface area contributed by atoms with E-state index in [0.717, 1.165) is 31.7 Å². The van der Waals surface area contributed by atoms with E-state index in [1.165, 1.54) is 4.90 Å². The van der Waals surface area contributed by atoms with Crippen LogP contribution in [0, 0.1) is 6.92 Å². The topological polar surface area (TPSA) is 86.8 Å². The minimum Gasteiger partial charge on any atom is -0.352 e. The maximum absolute atomic E-state index is 14.0. The Morgan fingerprint density at radius 3 is 2.23 bits per heavy atom. The third kappa shape index (κ3) is 8.81. The highest BCUT2D eigenvalue weighted by molar-refractivity contribution is 9.10. The molecule has 1 atom stereocenters. The molecule has 10 heteroatoms. The van der Waals surface area contributed by atoms with E-state index >= 15 is 0 Å². The number of nitrogens with one attached hydrogen (secondary N) is 1. The summed E-state index contributed by atoms with van der Waals surface area (Å²) >= 11 is 9.66. The summed E-state index contributed by atoms with van der Waals surface area (Å²) in [6.07, 6.45) is 1.31. The summed E-state index contributed by atoms with van der Waals surface area (Å²) in [5.41, 5.74) is 2.77. The minimum atomic E-state index is -3.83. The quantitative estimate of drug-likeness (QED) is 0.309. The maximum atomic E-state index is 14.0. The van der Waals surface area contributed by atoms with E-state index in [1.54, 1.807) is 36.4 Å². The van der Waals surface area contributed by atoms with Crippen LogP contribution in [0.25, 0.3) is 0 Å². The van der Waals surface area contributed by atoms with Crippen LogP contribution >= 0.6 is 27.5 Å². The number of anilines is 1. The zero-order valence-electron chi connectivity index (χ0n) is 22.4. The van der Waals surface area contributed by atoms with E-state index in [1.807, 2.05) is 57.2 Å². The second-order valence-corrected chi connectivity index (χ2v) is 12.9. The number of rotatable bonds is 11. The number of carbonyl (C=O) groups excluding carboxylic acids is 2. The van der Waals surface area contributed by atoms with Crippen LogP contribution in [0.15, 0.2) is 77.3 Å². The molecule has 0 aliphatic heterocycles. The van der Waals surface area contributed by atoms with E-state index in [9.17, 15) is 18.0 Å². The average molecular weight is 635 g/mol. The Morgan fingerprint density at radius 1 is 0.974 bits per heavy atom. The molecule has 0 bridgehead atoms. The molecule has 208 valence electrons. The number of benzene rings is 3. The van der Waals surface area contributed by atoms with Crippen LogP contribution in [0.4, 0.5) is 5.69 Å². The monoisotopic (exact) mass is 633 g/mol. The van der Waals surface area contributed by atoms with E-state index in [2.05, 4.69) is 21.2 Å². The number of aryl methyl sites for hydroxylation is 1. The van der Waals surface area contributed by atoms with Crippen molar-refractivity contribution in [2.75, 3.05) is 17.1 Å². The van der Waals surface area contributed by atoms with Gasteiger partial charge in [-0.2, -0.15) is 0 Å². The highest BCUT2D eigenvalue weighted by atomic mass is 79.9. The molecule has 0 saturated carbocycles. The SMILES string of the molecule is Cc1cc(N(CC(=O)N(Cc2cccc(Cl)c2)C(Cc2ccccc2)C(=O)NC(C)C)S(C)(=O)=O)ccc1Br. The van der Waals surface area contributed by atoms with Crippen molar-refractivity contribution in [3.05, 3.63) is 99.0 Å². The highest BCUT2D eigenvalue weighted by Crippen LogP contribution is 2.25. The second kappa shape index (κ2) is 13.5. The van der Waals surface area contributed by atoms with Gasteiger partial charge >= 0.3 is 0 Å². The van der Waals surface area contributed by atoms with E-state index in [4.69, 9.17) is 11.6 Å². The summed E-state index contributed by atoms with van der Waals surface area (Å²) in [6.45, 7) is 5.14. The first-order chi connectivity index (χ1) is 18.3. The summed E-state index contributed by atoms with van der Waals surface area (Å²) in [5.74, 6) is -0.838. The Kier molecular flexibility index (Phi) is 10.6. The van der Waals surface area contributed by atoms with Gasteiger partial charge in [0.05, 0.1) is 11.9 Å². The molecule has 7 nitrogen and oxygen atoms in total. The normalized spacial score (nSPS) is 12.2. The lowest BCUT2D eigenvalue weighted by Gasteiger charge is -2.34. The van der Waals surface area contributed by atoms with Gasteiger partial charge in [-0.1, -0.05) is 70.0 Å². The Hall–Kier alpha value is -2.88. The highest BCUT2D eigenvalue weighted by Gasteiger charge is 2.33. The third-order valence-corrected chi connectivity index (χ3v) is 8.32. The molecule has 0 aromatic heterocycles. The fourth-order valence-corrected chi connectivity index (χ4v) is 5.47. The summed E-state index contributed by atoms with van der Waals surface area (Å²) in [6, 6.07) is 20.5. The van der Waals surface area contributed by atoms with Crippen LogP contribution in [0.3, 0.4) is 0 Å². The molecule has 0 fully saturated rings. The van der Waals surface area contributed by atoms with Crippen LogP contribution < -0.4 is 9.62 Å². The average Bonchev–Trinajstić information content (AvgIpc) is 2.86. The van der Waals surface area contributed by atoms with Gasteiger partial charge in [-0.25, -0.2) is 8.42 Å². The molecule has 0 aliphatic rings. The van der Waals surface area contributed by atoms with E-state index < -0.39 is 28.5 Å². The second-order valence-electron chi connectivity index (χ2n) is 9.72. The van der Waals surface area contributed by atoms with E-state index in [0.29, 0.717) is 10.7 Å². The van der Waals surface area contributed by atoms with Crippen molar-refractivity contribution in [2.45, 2.75) is 45.8 Å². The smallest absolute Gasteiger partial charge is 0.244 e. The zero-order valence-corrected chi connectivity index (χ0v) is 25.6. The van der Waals surface area contributed by atoms with Crippen LogP contribution in [0.5, 0.6) is 0 Å². The number of hydrogen-bond acceptors (Lipinski definition) is 4. The molecule has 3 aromatic carbocycles. The molecular formula is C29H33BrClN3O4S. The van der Waals surface area contributed by atoms with Crippen molar-refractivity contribution in [3.63, 3.8) is 0 Å². The molecule has 0 heterocycles. The van der Waals surface area contributed by atoms with Gasteiger partial charge in [-0.05, 0) is 67.8 Å². The van der Waals surface area contributed by atoms with Gasteiger partial charge in [0, 0.05) is 28.5 Å². The van der Waals surface area contributed by atoms with Gasteiger partial charge in [0.25, 0.3) is 0 Å². The maximum Gasteiger partial charge on any atom is 0.244 e. The fourth-order valence-electron chi connectivity index (χ4n) is 4.16. The molecule has 39 heavy (non-hydrogen) atoms. The summed E-state index contributed by atoms with van der Waals surface area (Å²) < 4.78 is 27.6. The van der Waals surface area contributed by atoms with Crippen molar-refractivity contribution in [2.24, 2.45) is 0 Å². The molecule has 0 saturated heterocycles. The van der Waals surface area contributed by atoms with Crippen molar-refractivity contribution < 1.29 is 18.0 Å². The van der Waals surface area contributed by atoms with Crippen LogP contribution in [0.1, 0.15) is 30.5 Å². The minimum absolute atomic E-state index is 0.0688. The number of sulfonamides is 1. The molecule has 0 radical (unpaired) electrons. The lowest BCUT2D eigenvalue weighted by molar-refractivity contribution is -0.140. The van der Waals surface area contributed by atoms with Gasteiger partial charge in [0.2, 0.25) is 21.8 Å². The molecule has 2 amide bonds. The molecule has 0 aliphatic carbocycles. The van der Waals surface area contributed by atoms with Crippen molar-refractivity contribution in [1.82, 2.24) is 10.2 Å². The predicted molar refractivity (Wildman–Crippen MR) is 160 cm³/mol. The molecule has 3 aromatic rings. The number of carbonyl (C=O) groups is 2. The Balaban J connectivity index is 2.07. The number of amides is 2. The Bertz CT molecular complexity index is 1420. The molecule has 1 unspecified atom stereocenters. The van der Waals surface area contributed by atoms with Gasteiger partial charge in [-0.3, -0.25) is 13.9 Å². The van der Waals surface area contributed by atoms with Gasteiger partial charge in [0.15, 0.2) is 0 Å². The fraction of sp³-hybridized carbons (Fsp3) is 0.310. The summed E-state index contributed by atoms with van der Waals surface area (Å²) in [5, 5.41) is 3.42. The summed E-state index contributed by atoms with van der Waals surface area (Å²) in [7, 11) is -3.83. The number of nitrogens with zero attached hydrogens (tertiary/aromatic N) is 2. The van der Waals surface area contributed by atoms with Crippen LogP contribution in [-0.2, 0) is 32.6 Å². The van der Waals surface area contributed by atoms with Crippen molar-refractivity contribution >= 4 is 55.1 Å². The molecule has 0 spiro atoms. The molecular weight excluding hydrogens is 602 g/mol. The zero-order chi connectivity index (χ0) is 28.7. The van der Waals surface area contributed by atoms with Gasteiger partial charge in [0.1, 0.15) is 12.6 Å². The number of halogens is 2. The first-order valence-corrected chi connectivity index (χ1v) is 15.5. The molecule has 3 rings (SSSR count). The molecule has 1 N–H and O–H groups in total. The first kappa shape index (κ1) is 30.7. The van der Waals surface area contributed by atoms with Gasteiger partial charge in [-0.15, -0.1) is 0 Å². The predicted octanol–water partition coefficient (Wildman–Crippen LogP) is 5.34. The summed E-state index contributed by atoms with van der Waals surface area (Å²) in [4.78, 5) is 29.0. The number of hydrogen-bond donors (Lipinski definition) is 1. The van der Waals surface area contributed by atoms with Crippen molar-refractivity contribution in [3.8, 4) is 0 Å². The lowest BCUT2D eigenvalue weighted by atomic mass is 10.0. The third-order valence-electron chi connectivity index (χ3n) is 6.05. The Labute approximate surface area is 244 Å².